The van der Waals surface area contributed by atoms with E-state index in [1.54, 1.807) is 21.0 Å². The maximum atomic E-state index is 11.0. The Hall–Kier alpha value is -2.58. The summed E-state index contributed by atoms with van der Waals surface area (Å²) >= 11 is 0. The van der Waals surface area contributed by atoms with Crippen LogP contribution in [0.2, 0.25) is 0 Å². The molecular weight excluding hydrogens is 397 g/mol. The van der Waals surface area contributed by atoms with Gasteiger partial charge in [-0.2, -0.15) is 0 Å². The highest BCUT2D eigenvalue weighted by molar-refractivity contribution is 5.79. The van der Waals surface area contributed by atoms with Crippen LogP contribution >= 0.6 is 0 Å². The zero-order chi connectivity index (χ0) is 24.8. The van der Waals surface area contributed by atoms with Gasteiger partial charge in [-0.15, -0.1) is 0 Å². The molecule has 0 aliphatic carbocycles. The smallest absolute Gasteiger partial charge is 0.144 e. The fraction of sp³-hybridized carbons (Fsp3) is 0.522. The number of anilines is 3. The standard InChI is InChI=1S/C14H26N4O.C4H7F.C3H4O.C2H7N/c1-15-11-9-12(16-2)14(19-6)10-13(11)18(5)8-7-17(3)4;1-4(2)3-5;1-2-3-4;1-3-2/h9-10,15-16H,7-8H2,1-6H3;3H,1-2H3;2-3H,1H2;3H,1-2H3. The number of rotatable bonds is 8. The van der Waals surface area contributed by atoms with Gasteiger partial charge < -0.3 is 30.5 Å². The van der Waals surface area contributed by atoms with Gasteiger partial charge >= 0.3 is 0 Å². The molecule has 0 heterocycles. The minimum atomic E-state index is 0.583. The Morgan fingerprint density at radius 1 is 1.06 bits per heavy atom. The molecule has 3 N–H and O–H groups in total. The molecule has 0 amide bonds. The number of halogens is 1. The Morgan fingerprint density at radius 2 is 1.52 bits per heavy atom. The molecule has 0 aliphatic heterocycles. The van der Waals surface area contributed by atoms with Crippen molar-refractivity contribution >= 4 is 23.3 Å². The molecule has 8 heteroatoms. The van der Waals surface area contributed by atoms with Crippen molar-refractivity contribution < 1.29 is 13.9 Å². The molecule has 31 heavy (non-hydrogen) atoms. The number of hydrogen-bond acceptors (Lipinski definition) is 7. The van der Waals surface area contributed by atoms with E-state index in [9.17, 15) is 4.39 Å². The molecule has 0 aromatic heterocycles. The van der Waals surface area contributed by atoms with Gasteiger partial charge in [0.25, 0.3) is 0 Å². The number of benzene rings is 1. The van der Waals surface area contributed by atoms with Crippen molar-refractivity contribution in [1.29, 1.82) is 0 Å². The van der Waals surface area contributed by atoms with Crippen LogP contribution in [0.25, 0.3) is 0 Å². The van der Waals surface area contributed by atoms with Gasteiger partial charge in [0.2, 0.25) is 0 Å². The van der Waals surface area contributed by atoms with Gasteiger partial charge in [-0.3, -0.25) is 4.79 Å². The van der Waals surface area contributed by atoms with Crippen LogP contribution in [-0.4, -0.2) is 80.7 Å². The monoisotopic (exact) mass is 441 g/mol. The van der Waals surface area contributed by atoms with Gasteiger partial charge in [-0.05, 0) is 59.8 Å². The number of allylic oxidation sites excluding steroid dienone is 2. The van der Waals surface area contributed by atoms with Gasteiger partial charge in [-0.25, -0.2) is 4.39 Å². The summed E-state index contributed by atoms with van der Waals surface area (Å²) in [4.78, 5) is 13.5. The minimum Gasteiger partial charge on any atom is -0.495 e. The Balaban J connectivity index is -0.000000538. The first-order valence-corrected chi connectivity index (χ1v) is 9.95. The molecule has 0 bridgehead atoms. The van der Waals surface area contributed by atoms with E-state index in [2.05, 4.69) is 65.6 Å². The molecular formula is C23H44FN5O2. The van der Waals surface area contributed by atoms with E-state index in [-0.39, 0.29) is 0 Å². The molecule has 7 nitrogen and oxygen atoms in total. The van der Waals surface area contributed by atoms with Gasteiger partial charge in [0.15, 0.2) is 0 Å². The quantitative estimate of drug-likeness (QED) is 0.418. The summed E-state index contributed by atoms with van der Waals surface area (Å²) in [7, 11) is 15.5. The van der Waals surface area contributed by atoms with Crippen molar-refractivity contribution in [2.24, 2.45) is 0 Å². The molecule has 0 spiro atoms. The van der Waals surface area contributed by atoms with Crippen LogP contribution in [0.1, 0.15) is 13.8 Å². The van der Waals surface area contributed by atoms with Gasteiger partial charge in [-0.1, -0.05) is 6.58 Å². The van der Waals surface area contributed by atoms with Crippen LogP contribution in [-0.2, 0) is 4.79 Å². The Kier molecular flexibility index (Phi) is 23.6. The summed E-state index contributed by atoms with van der Waals surface area (Å²) in [5.74, 6) is 0.855. The Bertz CT molecular complexity index is 612. The van der Waals surface area contributed by atoms with Crippen molar-refractivity contribution in [2.75, 3.05) is 85.1 Å². The fourth-order valence-corrected chi connectivity index (χ4v) is 1.92. The first-order chi connectivity index (χ1) is 14.6. The fourth-order valence-electron chi connectivity index (χ4n) is 1.92. The molecule has 180 valence electrons. The molecule has 0 aliphatic rings. The Labute approximate surface area is 189 Å². The average Bonchev–Trinajstić information content (AvgIpc) is 2.77. The molecule has 1 aromatic carbocycles. The first kappa shape index (κ1) is 33.1. The number of aldehydes is 1. The lowest BCUT2D eigenvalue weighted by Gasteiger charge is -2.25. The molecule has 0 saturated heterocycles. The molecule has 0 unspecified atom stereocenters. The summed E-state index contributed by atoms with van der Waals surface area (Å²) in [6.45, 7) is 8.50. The van der Waals surface area contributed by atoms with Crippen LogP contribution in [0.4, 0.5) is 21.5 Å². The predicted molar refractivity (Wildman–Crippen MR) is 136 cm³/mol. The van der Waals surface area contributed by atoms with E-state index in [4.69, 9.17) is 9.53 Å². The zero-order valence-corrected chi connectivity index (χ0v) is 21.1. The summed E-state index contributed by atoms with van der Waals surface area (Å²) in [6.07, 6.45) is 2.42. The minimum absolute atomic E-state index is 0.583. The summed E-state index contributed by atoms with van der Waals surface area (Å²) in [5, 5.41) is 9.14. The van der Waals surface area contributed by atoms with Crippen LogP contribution < -0.4 is 25.6 Å². The number of nitrogens with zero attached hydrogens (tertiary/aromatic N) is 2. The van der Waals surface area contributed by atoms with Crippen LogP contribution in [0.15, 0.2) is 36.7 Å². The average molecular weight is 442 g/mol. The second-order valence-electron chi connectivity index (χ2n) is 6.85. The van der Waals surface area contributed by atoms with Crippen molar-refractivity contribution in [1.82, 2.24) is 10.2 Å². The largest absolute Gasteiger partial charge is 0.495 e. The maximum absolute atomic E-state index is 11.0. The van der Waals surface area contributed by atoms with E-state index in [0.29, 0.717) is 18.2 Å². The molecule has 0 radical (unpaired) electrons. The number of carbonyl (C=O) groups excluding carboxylic acids is 1. The predicted octanol–water partition coefficient (Wildman–Crippen LogP) is 3.86. The van der Waals surface area contributed by atoms with Gasteiger partial charge in [0.05, 0.1) is 30.5 Å². The summed E-state index contributed by atoms with van der Waals surface area (Å²) in [5.41, 5.74) is 3.92. The van der Waals surface area contributed by atoms with Crippen molar-refractivity contribution in [3.05, 3.63) is 36.7 Å². The van der Waals surface area contributed by atoms with Crippen molar-refractivity contribution in [3.8, 4) is 5.75 Å². The first-order valence-electron chi connectivity index (χ1n) is 9.95. The summed E-state index contributed by atoms with van der Waals surface area (Å²) in [6, 6.07) is 4.13. The van der Waals surface area contributed by atoms with E-state index >= 15 is 0 Å². The summed E-state index contributed by atoms with van der Waals surface area (Å²) < 4.78 is 16.4. The lowest BCUT2D eigenvalue weighted by Crippen LogP contribution is -2.29. The van der Waals surface area contributed by atoms with Crippen molar-refractivity contribution in [2.45, 2.75) is 13.8 Å². The number of methoxy groups -OCH3 is 1. The highest BCUT2D eigenvalue weighted by Crippen LogP contribution is 2.36. The number of ether oxygens (including phenoxy) is 1. The highest BCUT2D eigenvalue weighted by Gasteiger charge is 2.12. The van der Waals surface area contributed by atoms with E-state index in [0.717, 1.165) is 35.9 Å². The number of likely N-dealkylation sites (N-methyl/N-ethyl adjacent to an activating group) is 2. The Morgan fingerprint density at radius 3 is 1.81 bits per heavy atom. The van der Waals surface area contributed by atoms with E-state index < -0.39 is 0 Å². The molecule has 1 aromatic rings. The third kappa shape index (κ3) is 17.9. The van der Waals surface area contributed by atoms with Crippen molar-refractivity contribution in [3.63, 3.8) is 0 Å². The lowest BCUT2D eigenvalue weighted by atomic mass is 10.2. The molecule has 0 saturated carbocycles. The van der Waals surface area contributed by atoms with Crippen LogP contribution in [0.5, 0.6) is 5.75 Å². The lowest BCUT2D eigenvalue weighted by molar-refractivity contribution is -0.104. The second kappa shape index (κ2) is 22.1. The van der Waals surface area contributed by atoms with Crippen LogP contribution in [0, 0.1) is 0 Å². The van der Waals surface area contributed by atoms with E-state index in [1.165, 1.54) is 6.08 Å². The molecule has 0 atom stereocenters. The number of nitrogens with one attached hydrogen (secondary N) is 3. The highest BCUT2D eigenvalue weighted by atomic mass is 19.1. The molecule has 0 fully saturated rings. The third-order valence-electron chi connectivity index (χ3n) is 3.46. The van der Waals surface area contributed by atoms with Gasteiger partial charge in [0, 0.05) is 40.3 Å². The van der Waals surface area contributed by atoms with Gasteiger partial charge in [0.1, 0.15) is 12.0 Å². The second-order valence-corrected chi connectivity index (χ2v) is 6.85. The third-order valence-corrected chi connectivity index (χ3v) is 3.46. The number of hydrogen-bond donors (Lipinski definition) is 3. The normalized spacial score (nSPS) is 8.77. The van der Waals surface area contributed by atoms with E-state index in [1.807, 2.05) is 28.2 Å². The van der Waals surface area contributed by atoms with Crippen LogP contribution in [0.3, 0.4) is 0 Å². The number of carbonyl (C=O) groups is 1. The zero-order valence-electron chi connectivity index (χ0n) is 21.1. The topological polar surface area (TPSA) is 68.9 Å². The molecule has 1 rings (SSSR count). The SMILES string of the molecule is C=CC=O.CC(C)=CF.CNC.CNc1cc(NC)c(N(C)CCN(C)C)cc1OC. The maximum Gasteiger partial charge on any atom is 0.144 e.